The Balaban J connectivity index is 1.73. The first-order valence-corrected chi connectivity index (χ1v) is 7.41. The summed E-state index contributed by atoms with van der Waals surface area (Å²) in [6.45, 7) is 3.53. The lowest BCUT2D eigenvalue weighted by atomic mass is 9.94. The van der Waals surface area contributed by atoms with Crippen molar-refractivity contribution in [2.75, 3.05) is 11.4 Å². The predicted molar refractivity (Wildman–Crippen MR) is 85.3 cm³/mol. The fourth-order valence-electron chi connectivity index (χ4n) is 2.86. The summed E-state index contributed by atoms with van der Waals surface area (Å²) in [6.07, 6.45) is 1.04. The second-order valence-corrected chi connectivity index (χ2v) is 5.69. The van der Waals surface area contributed by atoms with Crippen molar-refractivity contribution in [2.45, 2.75) is 19.9 Å². The number of nitrogens with zero attached hydrogens (tertiary/aromatic N) is 1. The highest BCUT2D eigenvalue weighted by molar-refractivity contribution is 5.93. The lowest BCUT2D eigenvalue weighted by Gasteiger charge is -2.33. The average molecular weight is 280 g/mol. The molecule has 2 aromatic carbocycles. The highest BCUT2D eigenvalue weighted by Gasteiger charge is 2.25. The van der Waals surface area contributed by atoms with Gasteiger partial charge in [0.2, 0.25) is 0 Å². The Labute approximate surface area is 125 Å². The summed E-state index contributed by atoms with van der Waals surface area (Å²) in [4.78, 5) is 14.4. The Bertz CT molecular complexity index is 624. The zero-order valence-corrected chi connectivity index (χ0v) is 12.3. The minimum atomic E-state index is -0.0159. The van der Waals surface area contributed by atoms with E-state index in [1.807, 2.05) is 53.4 Å². The molecule has 2 aromatic rings. The van der Waals surface area contributed by atoms with Crippen LogP contribution >= 0.6 is 0 Å². The van der Waals surface area contributed by atoms with Crippen LogP contribution < -0.4 is 10.2 Å². The van der Waals surface area contributed by atoms with E-state index in [1.165, 1.54) is 5.56 Å². The van der Waals surface area contributed by atoms with Gasteiger partial charge in [-0.2, -0.15) is 0 Å². The van der Waals surface area contributed by atoms with Gasteiger partial charge >= 0.3 is 6.03 Å². The maximum absolute atomic E-state index is 12.5. The number of hydrogen-bond acceptors (Lipinski definition) is 1. The molecule has 2 amide bonds. The number of nitrogens with one attached hydrogen (secondary N) is 1. The molecule has 1 N–H and O–H groups in total. The molecular formula is C18H20N2O. The Morgan fingerprint density at radius 2 is 1.86 bits per heavy atom. The smallest absolute Gasteiger partial charge is 0.322 e. The van der Waals surface area contributed by atoms with Gasteiger partial charge in [-0.05, 0) is 29.5 Å². The van der Waals surface area contributed by atoms with Gasteiger partial charge in [-0.3, -0.25) is 4.90 Å². The molecule has 0 fully saturated rings. The van der Waals surface area contributed by atoms with Crippen LogP contribution in [-0.4, -0.2) is 12.6 Å². The summed E-state index contributed by atoms with van der Waals surface area (Å²) < 4.78 is 0. The van der Waals surface area contributed by atoms with Crippen LogP contribution in [0.2, 0.25) is 0 Å². The largest absolute Gasteiger partial charge is 0.334 e. The van der Waals surface area contributed by atoms with E-state index in [0.29, 0.717) is 12.5 Å². The van der Waals surface area contributed by atoms with Crippen molar-refractivity contribution in [1.82, 2.24) is 5.32 Å². The average Bonchev–Trinajstić information content (AvgIpc) is 2.52. The van der Waals surface area contributed by atoms with E-state index in [1.54, 1.807) is 0 Å². The highest BCUT2D eigenvalue weighted by atomic mass is 16.2. The van der Waals surface area contributed by atoms with Gasteiger partial charge in [-0.15, -0.1) is 0 Å². The number of carbonyl (C=O) groups excluding carboxylic acids is 1. The van der Waals surface area contributed by atoms with Crippen molar-refractivity contribution in [2.24, 2.45) is 5.92 Å². The second kappa shape index (κ2) is 6.00. The van der Waals surface area contributed by atoms with E-state index in [0.717, 1.165) is 24.2 Å². The van der Waals surface area contributed by atoms with E-state index >= 15 is 0 Å². The molecule has 0 radical (unpaired) electrons. The van der Waals surface area contributed by atoms with E-state index < -0.39 is 0 Å². The molecule has 1 aliphatic rings. The third kappa shape index (κ3) is 3.07. The summed E-state index contributed by atoms with van der Waals surface area (Å²) in [7, 11) is 0. The maximum atomic E-state index is 12.5. The highest BCUT2D eigenvalue weighted by Crippen LogP contribution is 2.29. The van der Waals surface area contributed by atoms with Gasteiger partial charge in [-0.1, -0.05) is 55.5 Å². The zero-order valence-electron chi connectivity index (χ0n) is 12.3. The molecular weight excluding hydrogens is 260 g/mol. The molecule has 0 saturated heterocycles. The molecule has 0 aliphatic carbocycles. The van der Waals surface area contributed by atoms with Crippen LogP contribution in [0.1, 0.15) is 18.1 Å². The Morgan fingerprint density at radius 1 is 1.14 bits per heavy atom. The molecule has 0 bridgehead atoms. The molecule has 3 rings (SSSR count). The molecule has 0 saturated carbocycles. The number of amides is 2. The number of fused-ring (bicyclic) bond motifs is 1. The fourth-order valence-corrected chi connectivity index (χ4v) is 2.86. The molecule has 21 heavy (non-hydrogen) atoms. The molecule has 3 heteroatoms. The van der Waals surface area contributed by atoms with Crippen molar-refractivity contribution in [1.29, 1.82) is 0 Å². The molecule has 3 nitrogen and oxygen atoms in total. The van der Waals surface area contributed by atoms with E-state index in [2.05, 4.69) is 18.3 Å². The minimum absolute atomic E-state index is 0.0159. The van der Waals surface area contributed by atoms with Gasteiger partial charge in [-0.25, -0.2) is 4.79 Å². The molecule has 1 atom stereocenters. The van der Waals surface area contributed by atoms with Crippen molar-refractivity contribution >= 4 is 11.7 Å². The van der Waals surface area contributed by atoms with Crippen LogP contribution in [0.4, 0.5) is 10.5 Å². The second-order valence-electron chi connectivity index (χ2n) is 5.69. The van der Waals surface area contributed by atoms with Gasteiger partial charge in [0.1, 0.15) is 0 Å². The molecule has 0 aromatic heterocycles. The van der Waals surface area contributed by atoms with Gasteiger partial charge in [0.15, 0.2) is 0 Å². The topological polar surface area (TPSA) is 32.3 Å². The summed E-state index contributed by atoms with van der Waals surface area (Å²) in [5, 5.41) is 3.02. The number of urea groups is 1. The van der Waals surface area contributed by atoms with E-state index in [9.17, 15) is 4.79 Å². The maximum Gasteiger partial charge on any atom is 0.322 e. The summed E-state index contributed by atoms with van der Waals surface area (Å²) in [5.41, 5.74) is 3.41. The van der Waals surface area contributed by atoms with Crippen molar-refractivity contribution < 1.29 is 4.79 Å². The molecule has 0 spiro atoms. The third-order valence-corrected chi connectivity index (χ3v) is 3.88. The normalized spacial score (nSPS) is 17.2. The van der Waals surface area contributed by atoms with Crippen LogP contribution in [0.25, 0.3) is 0 Å². The third-order valence-electron chi connectivity index (χ3n) is 3.88. The minimum Gasteiger partial charge on any atom is -0.334 e. The fraction of sp³-hybridized carbons (Fsp3) is 0.278. The van der Waals surface area contributed by atoms with Crippen LogP contribution in [0, 0.1) is 5.92 Å². The van der Waals surface area contributed by atoms with Crippen LogP contribution in [0.3, 0.4) is 0 Å². The number of rotatable bonds is 2. The summed E-state index contributed by atoms with van der Waals surface area (Å²) in [5.74, 6) is 0.488. The van der Waals surface area contributed by atoms with E-state index in [-0.39, 0.29) is 6.03 Å². The molecule has 1 heterocycles. The quantitative estimate of drug-likeness (QED) is 0.895. The first kappa shape index (κ1) is 13.7. The monoisotopic (exact) mass is 280 g/mol. The number of carbonyl (C=O) groups is 1. The summed E-state index contributed by atoms with van der Waals surface area (Å²) in [6, 6.07) is 18.2. The van der Waals surface area contributed by atoms with Crippen LogP contribution in [0.15, 0.2) is 54.6 Å². The number of hydrogen-bond donors (Lipinski definition) is 1. The van der Waals surface area contributed by atoms with Crippen LogP contribution in [-0.2, 0) is 13.0 Å². The van der Waals surface area contributed by atoms with Gasteiger partial charge in [0, 0.05) is 18.8 Å². The Hall–Kier alpha value is -2.29. The number of para-hydroxylation sites is 1. The standard InChI is InChI=1S/C18H20N2O/c1-14-11-16-9-5-6-10-17(16)20(13-14)18(21)19-12-15-7-3-2-4-8-15/h2-10,14H,11-13H2,1H3,(H,19,21). The lowest BCUT2D eigenvalue weighted by molar-refractivity contribution is 0.244. The summed E-state index contributed by atoms with van der Waals surface area (Å²) >= 11 is 0. The van der Waals surface area contributed by atoms with Gasteiger partial charge < -0.3 is 5.32 Å². The first-order chi connectivity index (χ1) is 10.2. The van der Waals surface area contributed by atoms with Crippen LogP contribution in [0.5, 0.6) is 0 Å². The lowest BCUT2D eigenvalue weighted by Crippen LogP contribution is -2.44. The SMILES string of the molecule is CC1Cc2ccccc2N(C(=O)NCc2ccccc2)C1. The zero-order chi connectivity index (χ0) is 14.7. The molecule has 1 aliphatic heterocycles. The molecule has 108 valence electrons. The van der Waals surface area contributed by atoms with Gasteiger partial charge in [0.25, 0.3) is 0 Å². The predicted octanol–water partition coefficient (Wildman–Crippen LogP) is 3.60. The number of anilines is 1. The van der Waals surface area contributed by atoms with Crippen molar-refractivity contribution in [3.63, 3.8) is 0 Å². The van der Waals surface area contributed by atoms with Crippen molar-refractivity contribution in [3.8, 4) is 0 Å². The van der Waals surface area contributed by atoms with Crippen molar-refractivity contribution in [3.05, 3.63) is 65.7 Å². The van der Waals surface area contributed by atoms with E-state index in [4.69, 9.17) is 0 Å². The number of benzene rings is 2. The Morgan fingerprint density at radius 3 is 2.67 bits per heavy atom. The Kier molecular flexibility index (Phi) is 3.91. The molecule has 1 unspecified atom stereocenters. The van der Waals surface area contributed by atoms with Gasteiger partial charge in [0.05, 0.1) is 0 Å². The first-order valence-electron chi connectivity index (χ1n) is 7.41.